The fourth-order valence-electron chi connectivity index (χ4n) is 2.11. The standard InChI is InChI=1S/C15H19NO3S/c1-9(2)13(12-4-3-7-20-12)16-8-10-5-6-11(17)15(19)14(10)18/h3-7,9,13,16-19H,8H2,1-2H3. The normalized spacial score (nSPS) is 12.8. The van der Waals surface area contributed by atoms with Gasteiger partial charge in [-0.15, -0.1) is 11.3 Å². The molecule has 1 aromatic heterocycles. The number of benzene rings is 1. The minimum atomic E-state index is -0.471. The quantitative estimate of drug-likeness (QED) is 0.638. The second-order valence-electron chi connectivity index (χ2n) is 5.06. The van der Waals surface area contributed by atoms with Crippen LogP contribution < -0.4 is 5.32 Å². The highest BCUT2D eigenvalue weighted by Gasteiger charge is 2.18. The van der Waals surface area contributed by atoms with Crippen LogP contribution in [0.1, 0.15) is 30.3 Å². The average molecular weight is 293 g/mol. The molecule has 0 spiro atoms. The molecule has 4 N–H and O–H groups in total. The van der Waals surface area contributed by atoms with Crippen LogP contribution in [0, 0.1) is 5.92 Å². The van der Waals surface area contributed by atoms with Crippen LogP contribution in [0.4, 0.5) is 0 Å². The molecule has 1 heterocycles. The van der Waals surface area contributed by atoms with Crippen LogP contribution in [0.15, 0.2) is 29.6 Å². The topological polar surface area (TPSA) is 72.7 Å². The number of rotatable bonds is 5. The van der Waals surface area contributed by atoms with E-state index in [0.29, 0.717) is 18.0 Å². The van der Waals surface area contributed by atoms with E-state index in [-0.39, 0.29) is 17.5 Å². The molecule has 108 valence electrons. The van der Waals surface area contributed by atoms with E-state index in [1.54, 1.807) is 17.4 Å². The van der Waals surface area contributed by atoms with E-state index in [0.717, 1.165) is 0 Å². The third-order valence-corrected chi connectivity index (χ3v) is 4.20. The van der Waals surface area contributed by atoms with Gasteiger partial charge in [-0.05, 0) is 23.4 Å². The molecule has 0 saturated carbocycles. The molecule has 0 aliphatic carbocycles. The highest BCUT2D eigenvalue weighted by Crippen LogP contribution is 2.37. The smallest absolute Gasteiger partial charge is 0.200 e. The molecule has 5 heteroatoms. The lowest BCUT2D eigenvalue weighted by molar-refractivity contribution is 0.360. The molecule has 2 rings (SSSR count). The number of thiophene rings is 1. The van der Waals surface area contributed by atoms with Crippen molar-refractivity contribution in [3.8, 4) is 17.2 Å². The van der Waals surface area contributed by atoms with Crippen LogP contribution in [0.3, 0.4) is 0 Å². The molecule has 2 aromatic rings. The predicted octanol–water partition coefficient (Wildman–Crippen LogP) is 3.35. The summed E-state index contributed by atoms with van der Waals surface area (Å²) in [5.41, 5.74) is 0.558. The van der Waals surface area contributed by atoms with Gasteiger partial charge in [-0.3, -0.25) is 0 Å². The molecule has 0 aliphatic rings. The third kappa shape index (κ3) is 3.05. The van der Waals surface area contributed by atoms with Crippen LogP contribution in [0.25, 0.3) is 0 Å². The molecule has 0 aliphatic heterocycles. The zero-order valence-electron chi connectivity index (χ0n) is 11.5. The summed E-state index contributed by atoms with van der Waals surface area (Å²) in [7, 11) is 0. The predicted molar refractivity (Wildman–Crippen MR) is 80.2 cm³/mol. The number of hydrogen-bond donors (Lipinski definition) is 4. The van der Waals surface area contributed by atoms with Crippen molar-refractivity contribution in [2.45, 2.75) is 26.4 Å². The van der Waals surface area contributed by atoms with Crippen molar-refractivity contribution in [1.82, 2.24) is 5.32 Å². The Bertz CT molecular complexity index is 567. The summed E-state index contributed by atoms with van der Waals surface area (Å²) in [6.45, 7) is 4.68. The second-order valence-corrected chi connectivity index (χ2v) is 6.04. The molecular formula is C15H19NO3S. The summed E-state index contributed by atoms with van der Waals surface area (Å²) in [6.07, 6.45) is 0. The van der Waals surface area contributed by atoms with Gasteiger partial charge in [-0.1, -0.05) is 26.0 Å². The third-order valence-electron chi connectivity index (χ3n) is 3.24. The van der Waals surface area contributed by atoms with Crippen LogP contribution in [0.2, 0.25) is 0 Å². The summed E-state index contributed by atoms with van der Waals surface area (Å²) in [4.78, 5) is 1.24. The van der Waals surface area contributed by atoms with Crippen molar-refractivity contribution >= 4 is 11.3 Å². The number of phenols is 3. The Hall–Kier alpha value is -1.72. The number of hydrogen-bond acceptors (Lipinski definition) is 5. The maximum atomic E-state index is 9.81. The molecule has 4 nitrogen and oxygen atoms in total. The van der Waals surface area contributed by atoms with Gasteiger partial charge in [0, 0.05) is 23.0 Å². The summed E-state index contributed by atoms with van der Waals surface area (Å²) in [5, 5.41) is 34.1. The van der Waals surface area contributed by atoms with E-state index >= 15 is 0 Å². The van der Waals surface area contributed by atoms with Gasteiger partial charge in [0.25, 0.3) is 0 Å². The molecule has 0 amide bonds. The van der Waals surface area contributed by atoms with E-state index in [4.69, 9.17) is 0 Å². The van der Waals surface area contributed by atoms with Gasteiger partial charge < -0.3 is 20.6 Å². The van der Waals surface area contributed by atoms with Crippen molar-refractivity contribution in [2.24, 2.45) is 5.92 Å². The van der Waals surface area contributed by atoms with Gasteiger partial charge in [0.1, 0.15) is 0 Å². The van der Waals surface area contributed by atoms with Crippen LogP contribution in [-0.2, 0) is 6.54 Å². The fourth-order valence-corrected chi connectivity index (χ4v) is 3.08. The average Bonchev–Trinajstić information content (AvgIpc) is 2.92. The molecular weight excluding hydrogens is 274 g/mol. The van der Waals surface area contributed by atoms with Crippen molar-refractivity contribution in [1.29, 1.82) is 0 Å². The van der Waals surface area contributed by atoms with Gasteiger partial charge in [-0.25, -0.2) is 0 Å². The molecule has 1 aromatic carbocycles. The van der Waals surface area contributed by atoms with Crippen LogP contribution in [-0.4, -0.2) is 15.3 Å². The Balaban J connectivity index is 2.13. The minimum absolute atomic E-state index is 0.186. The SMILES string of the molecule is CC(C)C(NCc1ccc(O)c(O)c1O)c1cccs1. The molecule has 0 saturated heterocycles. The lowest BCUT2D eigenvalue weighted by Crippen LogP contribution is -2.24. The van der Waals surface area contributed by atoms with E-state index in [1.807, 2.05) is 11.4 Å². The van der Waals surface area contributed by atoms with Gasteiger partial charge in [0.05, 0.1) is 0 Å². The summed E-state index contributed by atoms with van der Waals surface area (Å²) < 4.78 is 0. The van der Waals surface area contributed by atoms with Crippen molar-refractivity contribution in [2.75, 3.05) is 0 Å². The van der Waals surface area contributed by atoms with Crippen molar-refractivity contribution in [3.05, 3.63) is 40.1 Å². The number of nitrogens with one attached hydrogen (secondary N) is 1. The largest absolute Gasteiger partial charge is 0.504 e. The summed E-state index contributed by atoms with van der Waals surface area (Å²) in [5.74, 6) is -0.654. The first-order valence-electron chi connectivity index (χ1n) is 6.50. The highest BCUT2D eigenvalue weighted by molar-refractivity contribution is 7.10. The van der Waals surface area contributed by atoms with E-state index in [9.17, 15) is 15.3 Å². The van der Waals surface area contributed by atoms with Crippen LogP contribution >= 0.6 is 11.3 Å². The first-order valence-corrected chi connectivity index (χ1v) is 7.38. The monoisotopic (exact) mass is 293 g/mol. The Morgan fingerprint density at radius 1 is 1.10 bits per heavy atom. The molecule has 0 bridgehead atoms. The first-order chi connectivity index (χ1) is 9.50. The van der Waals surface area contributed by atoms with E-state index in [2.05, 4.69) is 25.2 Å². The van der Waals surface area contributed by atoms with Crippen molar-refractivity contribution < 1.29 is 15.3 Å². The molecule has 20 heavy (non-hydrogen) atoms. The Labute approximate surface area is 122 Å². The highest BCUT2D eigenvalue weighted by atomic mass is 32.1. The van der Waals surface area contributed by atoms with E-state index in [1.165, 1.54) is 10.9 Å². The van der Waals surface area contributed by atoms with E-state index < -0.39 is 5.75 Å². The van der Waals surface area contributed by atoms with Crippen molar-refractivity contribution in [3.63, 3.8) is 0 Å². The number of aromatic hydroxyl groups is 3. The Kier molecular flexibility index (Phi) is 4.52. The lowest BCUT2D eigenvalue weighted by Gasteiger charge is -2.21. The van der Waals surface area contributed by atoms with Gasteiger partial charge in [0.2, 0.25) is 5.75 Å². The first kappa shape index (κ1) is 14.7. The van der Waals surface area contributed by atoms with Gasteiger partial charge in [0.15, 0.2) is 11.5 Å². The van der Waals surface area contributed by atoms with Gasteiger partial charge >= 0.3 is 0 Å². The zero-order chi connectivity index (χ0) is 14.7. The maximum absolute atomic E-state index is 9.81. The Morgan fingerprint density at radius 3 is 2.45 bits per heavy atom. The summed E-state index contributed by atoms with van der Waals surface area (Å²) >= 11 is 1.69. The second kappa shape index (κ2) is 6.15. The van der Waals surface area contributed by atoms with Gasteiger partial charge in [-0.2, -0.15) is 0 Å². The fraction of sp³-hybridized carbons (Fsp3) is 0.333. The summed E-state index contributed by atoms with van der Waals surface area (Å²) in [6, 6.07) is 7.26. The maximum Gasteiger partial charge on any atom is 0.200 e. The lowest BCUT2D eigenvalue weighted by atomic mass is 10.0. The molecule has 1 unspecified atom stereocenters. The minimum Gasteiger partial charge on any atom is -0.504 e. The van der Waals surface area contributed by atoms with Crippen LogP contribution in [0.5, 0.6) is 17.2 Å². The molecule has 0 radical (unpaired) electrons. The zero-order valence-corrected chi connectivity index (χ0v) is 12.3. The molecule has 1 atom stereocenters. The number of phenolic OH excluding ortho intramolecular Hbond substituents is 3. The Morgan fingerprint density at radius 2 is 1.85 bits per heavy atom. The molecule has 0 fully saturated rings.